The topological polar surface area (TPSA) is 58.6 Å². The Kier molecular flexibility index (Phi) is 3.31. The molecule has 0 aromatic heterocycles. The van der Waals surface area contributed by atoms with Crippen LogP contribution in [0.25, 0.3) is 0 Å². The van der Waals surface area contributed by atoms with E-state index in [1.54, 1.807) is 0 Å². The number of fused-ring (bicyclic) bond motifs is 1. The molecule has 2 heterocycles. The Balaban J connectivity index is 2.03. The summed E-state index contributed by atoms with van der Waals surface area (Å²) in [5.41, 5.74) is 0. The van der Waals surface area contributed by atoms with E-state index in [1.807, 2.05) is 4.90 Å². The maximum absolute atomic E-state index is 12.1. The highest BCUT2D eigenvalue weighted by Crippen LogP contribution is 2.26. The van der Waals surface area contributed by atoms with E-state index >= 15 is 0 Å². The monoisotopic (exact) mass is 226 g/mol. The molecule has 5 heteroatoms. The maximum atomic E-state index is 12.1. The predicted octanol–water partition coefficient (Wildman–Crippen LogP) is 0.886. The summed E-state index contributed by atoms with van der Waals surface area (Å²) in [4.78, 5) is 25.2. The van der Waals surface area contributed by atoms with Crippen LogP contribution in [0.3, 0.4) is 0 Å². The highest BCUT2D eigenvalue weighted by Gasteiger charge is 2.36. The zero-order valence-corrected chi connectivity index (χ0v) is 9.57. The second-order valence-electron chi connectivity index (χ2n) is 4.45. The van der Waals surface area contributed by atoms with Gasteiger partial charge in [0.05, 0.1) is 7.11 Å². The molecular weight excluding hydrogens is 208 g/mol. The van der Waals surface area contributed by atoms with E-state index in [1.165, 1.54) is 7.11 Å². The van der Waals surface area contributed by atoms with Crippen molar-refractivity contribution in [3.05, 3.63) is 0 Å². The highest BCUT2D eigenvalue weighted by atomic mass is 16.5. The highest BCUT2D eigenvalue weighted by molar-refractivity contribution is 5.86. The number of carbonyl (C=O) groups excluding carboxylic acids is 2. The molecule has 2 aliphatic rings. The third-order valence-electron chi connectivity index (χ3n) is 3.47. The second kappa shape index (κ2) is 4.72. The van der Waals surface area contributed by atoms with E-state index in [9.17, 15) is 9.59 Å². The van der Waals surface area contributed by atoms with Crippen LogP contribution in [0.1, 0.15) is 32.1 Å². The Morgan fingerprint density at radius 2 is 2.12 bits per heavy atom. The molecule has 2 unspecified atom stereocenters. The van der Waals surface area contributed by atoms with Gasteiger partial charge in [-0.15, -0.1) is 0 Å². The lowest BCUT2D eigenvalue weighted by Crippen LogP contribution is -2.48. The van der Waals surface area contributed by atoms with Gasteiger partial charge >= 0.3 is 6.09 Å². The molecule has 0 aromatic carbocycles. The molecule has 2 amide bonds. The summed E-state index contributed by atoms with van der Waals surface area (Å²) >= 11 is 0. The molecule has 0 spiro atoms. The largest absolute Gasteiger partial charge is 0.453 e. The standard InChI is InChI=1S/C11H18N2O3/c1-16-11(15)12-9-6-2-4-8-5-3-7-13(8)10(9)14/h8-9H,2-7H2,1H3,(H,12,15). The van der Waals surface area contributed by atoms with Gasteiger partial charge in [0.15, 0.2) is 0 Å². The first kappa shape index (κ1) is 11.2. The second-order valence-corrected chi connectivity index (χ2v) is 4.45. The fraction of sp³-hybridized carbons (Fsp3) is 0.818. The van der Waals surface area contributed by atoms with Crippen molar-refractivity contribution in [1.82, 2.24) is 10.2 Å². The van der Waals surface area contributed by atoms with E-state index in [0.29, 0.717) is 6.04 Å². The van der Waals surface area contributed by atoms with Crippen LogP contribution in [0.5, 0.6) is 0 Å². The first-order chi connectivity index (χ1) is 7.72. The first-order valence-corrected chi connectivity index (χ1v) is 5.87. The molecule has 5 nitrogen and oxygen atoms in total. The molecule has 0 aliphatic carbocycles. The third kappa shape index (κ3) is 2.13. The summed E-state index contributed by atoms with van der Waals surface area (Å²) in [6.45, 7) is 0.836. The zero-order valence-electron chi connectivity index (χ0n) is 9.57. The molecule has 0 aromatic rings. The summed E-state index contributed by atoms with van der Waals surface area (Å²) in [5.74, 6) is 0.0606. The zero-order chi connectivity index (χ0) is 11.5. The van der Waals surface area contributed by atoms with Crippen molar-refractivity contribution in [3.63, 3.8) is 0 Å². The summed E-state index contributed by atoms with van der Waals surface area (Å²) in [7, 11) is 1.31. The summed E-state index contributed by atoms with van der Waals surface area (Å²) < 4.78 is 4.53. The minimum absolute atomic E-state index is 0.0606. The third-order valence-corrected chi connectivity index (χ3v) is 3.47. The van der Waals surface area contributed by atoms with Crippen molar-refractivity contribution < 1.29 is 14.3 Å². The van der Waals surface area contributed by atoms with Gasteiger partial charge in [-0.3, -0.25) is 4.79 Å². The van der Waals surface area contributed by atoms with E-state index in [2.05, 4.69) is 10.1 Å². The summed E-state index contributed by atoms with van der Waals surface area (Å²) in [6.07, 6.45) is 4.45. The molecule has 16 heavy (non-hydrogen) atoms. The number of rotatable bonds is 1. The first-order valence-electron chi connectivity index (χ1n) is 5.87. The Morgan fingerprint density at radius 1 is 1.38 bits per heavy atom. The Hall–Kier alpha value is -1.26. The molecular formula is C11H18N2O3. The molecule has 0 radical (unpaired) electrons. The van der Waals surface area contributed by atoms with E-state index in [4.69, 9.17) is 0 Å². The van der Waals surface area contributed by atoms with Gasteiger partial charge in [-0.2, -0.15) is 0 Å². The van der Waals surface area contributed by atoms with Crippen molar-refractivity contribution in [1.29, 1.82) is 0 Å². The van der Waals surface area contributed by atoms with Crippen LogP contribution in [0.4, 0.5) is 4.79 Å². The maximum Gasteiger partial charge on any atom is 0.407 e. The minimum Gasteiger partial charge on any atom is -0.453 e. The lowest BCUT2D eigenvalue weighted by molar-refractivity contribution is -0.133. The number of hydrogen-bond acceptors (Lipinski definition) is 3. The average Bonchev–Trinajstić information content (AvgIpc) is 2.69. The minimum atomic E-state index is -0.518. The van der Waals surface area contributed by atoms with Crippen LogP contribution < -0.4 is 5.32 Å². The van der Waals surface area contributed by atoms with Crippen LogP contribution in [-0.4, -0.2) is 42.6 Å². The number of amides is 2. The number of carbonyl (C=O) groups is 2. The molecule has 2 rings (SSSR count). The van der Waals surface area contributed by atoms with Crippen molar-refractivity contribution in [2.75, 3.05) is 13.7 Å². The van der Waals surface area contributed by atoms with Crippen molar-refractivity contribution >= 4 is 12.0 Å². The fourth-order valence-electron chi connectivity index (χ4n) is 2.64. The molecule has 2 aliphatic heterocycles. The van der Waals surface area contributed by atoms with Crippen LogP contribution in [0.15, 0.2) is 0 Å². The quantitative estimate of drug-likeness (QED) is 0.722. The summed E-state index contributed by atoms with van der Waals surface area (Å²) in [6, 6.07) is 0.00694. The van der Waals surface area contributed by atoms with Gasteiger partial charge in [0.2, 0.25) is 5.91 Å². The number of hydrogen-bond donors (Lipinski definition) is 1. The molecule has 0 saturated carbocycles. The fourth-order valence-corrected chi connectivity index (χ4v) is 2.64. The van der Waals surface area contributed by atoms with Gasteiger partial charge in [0.1, 0.15) is 6.04 Å². The van der Waals surface area contributed by atoms with Crippen LogP contribution in [0, 0.1) is 0 Å². The normalized spacial score (nSPS) is 29.6. The van der Waals surface area contributed by atoms with E-state index in [-0.39, 0.29) is 5.91 Å². The smallest absolute Gasteiger partial charge is 0.407 e. The van der Waals surface area contributed by atoms with Crippen molar-refractivity contribution in [2.45, 2.75) is 44.2 Å². The average molecular weight is 226 g/mol. The number of nitrogens with one attached hydrogen (secondary N) is 1. The van der Waals surface area contributed by atoms with Gasteiger partial charge in [0, 0.05) is 12.6 Å². The number of methoxy groups -OCH3 is 1. The van der Waals surface area contributed by atoms with Crippen molar-refractivity contribution in [3.8, 4) is 0 Å². The van der Waals surface area contributed by atoms with Gasteiger partial charge < -0.3 is 15.0 Å². The molecule has 1 N–H and O–H groups in total. The predicted molar refractivity (Wildman–Crippen MR) is 57.9 cm³/mol. The molecule has 2 atom stereocenters. The summed E-state index contributed by atoms with van der Waals surface area (Å²) in [5, 5.41) is 2.62. The van der Waals surface area contributed by atoms with Crippen LogP contribution in [0.2, 0.25) is 0 Å². The van der Waals surface area contributed by atoms with Gasteiger partial charge in [0.25, 0.3) is 0 Å². The number of ether oxygens (including phenoxy) is 1. The Bertz CT molecular complexity index is 293. The lowest BCUT2D eigenvalue weighted by Gasteiger charge is -2.24. The van der Waals surface area contributed by atoms with Crippen LogP contribution in [-0.2, 0) is 9.53 Å². The Labute approximate surface area is 95.1 Å². The van der Waals surface area contributed by atoms with Gasteiger partial charge in [-0.25, -0.2) is 4.79 Å². The lowest BCUT2D eigenvalue weighted by atomic mass is 10.1. The van der Waals surface area contributed by atoms with Crippen molar-refractivity contribution in [2.24, 2.45) is 0 Å². The molecule has 0 bridgehead atoms. The van der Waals surface area contributed by atoms with E-state index < -0.39 is 12.1 Å². The van der Waals surface area contributed by atoms with Crippen LogP contribution >= 0.6 is 0 Å². The van der Waals surface area contributed by atoms with Gasteiger partial charge in [-0.05, 0) is 32.1 Å². The van der Waals surface area contributed by atoms with Gasteiger partial charge in [-0.1, -0.05) is 0 Å². The number of nitrogens with zero attached hydrogens (tertiary/aromatic N) is 1. The number of alkyl carbamates (subject to hydrolysis) is 1. The van der Waals surface area contributed by atoms with E-state index in [0.717, 1.165) is 38.6 Å². The Morgan fingerprint density at radius 3 is 2.88 bits per heavy atom. The molecule has 2 fully saturated rings. The molecule has 2 saturated heterocycles. The SMILES string of the molecule is COC(=O)NC1CCCC2CCCN2C1=O. The molecule has 90 valence electrons.